The van der Waals surface area contributed by atoms with E-state index in [1.165, 1.54) is 37.4 Å². The van der Waals surface area contributed by atoms with Crippen LogP contribution in [0.25, 0.3) is 0 Å². The lowest BCUT2D eigenvalue weighted by atomic mass is 10.2. The minimum atomic E-state index is -3.83. The number of sulfonamides is 1. The summed E-state index contributed by atoms with van der Waals surface area (Å²) in [5, 5.41) is 8.83. The Morgan fingerprint density at radius 2 is 2.00 bits per heavy atom. The lowest BCUT2D eigenvalue weighted by Gasteiger charge is -2.11. The zero-order chi connectivity index (χ0) is 15.5. The summed E-state index contributed by atoms with van der Waals surface area (Å²) in [4.78, 5) is -0.0104. The van der Waals surface area contributed by atoms with E-state index in [1.54, 1.807) is 12.1 Å². The summed E-state index contributed by atoms with van der Waals surface area (Å²) in [6.07, 6.45) is 0. The molecule has 3 N–H and O–H groups in total. The third-order valence-corrected chi connectivity index (χ3v) is 4.14. The van der Waals surface area contributed by atoms with E-state index in [9.17, 15) is 8.42 Å². The van der Waals surface area contributed by atoms with Crippen molar-refractivity contribution in [2.45, 2.75) is 4.90 Å². The van der Waals surface area contributed by atoms with E-state index in [1.807, 2.05) is 6.07 Å². The SMILES string of the molecule is COc1ccc(N)c(NS(=O)(=O)c2cccc(C#N)c2)c1. The maximum Gasteiger partial charge on any atom is 0.262 e. The number of rotatable bonds is 4. The Morgan fingerprint density at radius 3 is 2.67 bits per heavy atom. The van der Waals surface area contributed by atoms with Crippen LogP contribution in [-0.4, -0.2) is 15.5 Å². The number of benzene rings is 2. The molecule has 0 spiro atoms. The minimum absolute atomic E-state index is 0.0104. The molecule has 0 amide bonds. The van der Waals surface area contributed by atoms with Gasteiger partial charge in [0.05, 0.1) is 35.0 Å². The number of ether oxygens (including phenoxy) is 1. The summed E-state index contributed by atoms with van der Waals surface area (Å²) in [6.45, 7) is 0. The number of methoxy groups -OCH3 is 1. The largest absolute Gasteiger partial charge is 0.497 e. The van der Waals surface area contributed by atoms with Gasteiger partial charge in [-0.05, 0) is 30.3 Å². The summed E-state index contributed by atoms with van der Waals surface area (Å²) in [5.74, 6) is 0.479. The first kappa shape index (κ1) is 14.7. The highest BCUT2D eigenvalue weighted by Gasteiger charge is 2.16. The summed E-state index contributed by atoms with van der Waals surface area (Å²) < 4.78 is 32.0. The Kier molecular flexibility index (Phi) is 4.00. The molecule has 2 rings (SSSR count). The molecule has 21 heavy (non-hydrogen) atoms. The first-order valence-electron chi connectivity index (χ1n) is 5.93. The molecule has 0 unspecified atom stereocenters. The molecule has 2 aromatic rings. The van der Waals surface area contributed by atoms with Gasteiger partial charge in [-0.3, -0.25) is 4.72 Å². The summed E-state index contributed by atoms with van der Waals surface area (Å²) in [7, 11) is -2.36. The minimum Gasteiger partial charge on any atom is -0.497 e. The average molecular weight is 303 g/mol. The zero-order valence-electron chi connectivity index (χ0n) is 11.2. The Balaban J connectivity index is 2.40. The van der Waals surface area contributed by atoms with Crippen molar-refractivity contribution >= 4 is 21.4 Å². The van der Waals surface area contributed by atoms with Crippen LogP contribution in [0.1, 0.15) is 5.56 Å². The van der Waals surface area contributed by atoms with Crippen LogP contribution >= 0.6 is 0 Å². The number of nitrogen functional groups attached to an aromatic ring is 1. The van der Waals surface area contributed by atoms with Crippen molar-refractivity contribution < 1.29 is 13.2 Å². The molecule has 0 aliphatic heterocycles. The summed E-state index contributed by atoms with van der Waals surface area (Å²) in [6, 6.07) is 12.3. The van der Waals surface area contributed by atoms with E-state index in [0.717, 1.165) is 0 Å². The molecule has 2 aromatic carbocycles. The number of hydrogen-bond acceptors (Lipinski definition) is 5. The highest BCUT2D eigenvalue weighted by Crippen LogP contribution is 2.27. The fourth-order valence-corrected chi connectivity index (χ4v) is 2.81. The van der Waals surface area contributed by atoms with Crippen LogP contribution in [0.4, 0.5) is 11.4 Å². The molecular formula is C14H13N3O3S. The Bertz CT molecular complexity index is 810. The first-order valence-corrected chi connectivity index (χ1v) is 7.41. The molecule has 0 heterocycles. The van der Waals surface area contributed by atoms with Crippen LogP contribution < -0.4 is 15.2 Å². The summed E-state index contributed by atoms with van der Waals surface area (Å²) in [5.41, 5.74) is 6.50. The van der Waals surface area contributed by atoms with Gasteiger partial charge in [-0.25, -0.2) is 8.42 Å². The van der Waals surface area contributed by atoms with E-state index in [4.69, 9.17) is 15.7 Å². The molecule has 0 bridgehead atoms. The van der Waals surface area contributed by atoms with Crippen molar-refractivity contribution in [3.05, 3.63) is 48.0 Å². The average Bonchev–Trinajstić information content (AvgIpc) is 2.49. The fraction of sp³-hybridized carbons (Fsp3) is 0.0714. The fourth-order valence-electron chi connectivity index (χ4n) is 1.69. The Morgan fingerprint density at radius 1 is 1.24 bits per heavy atom. The topological polar surface area (TPSA) is 105 Å². The number of hydrogen-bond donors (Lipinski definition) is 2. The van der Waals surface area contributed by atoms with Crippen LogP contribution in [0.5, 0.6) is 5.75 Å². The van der Waals surface area contributed by atoms with Crippen molar-refractivity contribution in [3.63, 3.8) is 0 Å². The van der Waals surface area contributed by atoms with Crippen LogP contribution in [0.3, 0.4) is 0 Å². The smallest absolute Gasteiger partial charge is 0.262 e. The standard InChI is InChI=1S/C14H13N3O3S/c1-20-11-5-6-13(16)14(8-11)17-21(18,19)12-4-2-3-10(7-12)9-15/h2-8,17H,16H2,1H3. The first-order chi connectivity index (χ1) is 9.96. The molecule has 108 valence electrons. The third-order valence-electron chi connectivity index (χ3n) is 2.78. The van der Waals surface area contributed by atoms with Gasteiger partial charge in [0.1, 0.15) is 5.75 Å². The number of nitrogens with zero attached hydrogens (tertiary/aromatic N) is 1. The number of nitrogens with one attached hydrogen (secondary N) is 1. The predicted molar refractivity (Wildman–Crippen MR) is 79.4 cm³/mol. The van der Waals surface area contributed by atoms with E-state index in [0.29, 0.717) is 5.75 Å². The van der Waals surface area contributed by atoms with Crippen LogP contribution in [0.2, 0.25) is 0 Å². The zero-order valence-corrected chi connectivity index (χ0v) is 12.0. The van der Waals surface area contributed by atoms with Crippen molar-refractivity contribution in [1.29, 1.82) is 5.26 Å². The Hall–Kier alpha value is -2.72. The maximum absolute atomic E-state index is 12.3. The lowest BCUT2D eigenvalue weighted by molar-refractivity contribution is 0.415. The highest BCUT2D eigenvalue weighted by atomic mass is 32.2. The second kappa shape index (κ2) is 5.73. The van der Waals surface area contributed by atoms with Gasteiger partial charge in [0.15, 0.2) is 0 Å². The monoisotopic (exact) mass is 303 g/mol. The lowest BCUT2D eigenvalue weighted by Crippen LogP contribution is -2.14. The Labute approximate surface area is 122 Å². The van der Waals surface area contributed by atoms with Gasteiger partial charge in [-0.1, -0.05) is 6.07 Å². The normalized spacial score (nSPS) is 10.7. The van der Waals surface area contributed by atoms with Crippen molar-refractivity contribution in [1.82, 2.24) is 0 Å². The number of nitrogens with two attached hydrogens (primary N) is 1. The van der Waals surface area contributed by atoms with Crippen LogP contribution in [-0.2, 0) is 10.0 Å². The molecule has 0 aliphatic carbocycles. The van der Waals surface area contributed by atoms with Gasteiger partial charge in [0.25, 0.3) is 10.0 Å². The van der Waals surface area contributed by atoms with Crippen molar-refractivity contribution in [3.8, 4) is 11.8 Å². The molecule has 0 radical (unpaired) electrons. The van der Waals surface area contributed by atoms with Crippen LogP contribution in [0.15, 0.2) is 47.4 Å². The van der Waals surface area contributed by atoms with Gasteiger partial charge < -0.3 is 10.5 Å². The number of anilines is 2. The van der Waals surface area contributed by atoms with Gasteiger partial charge in [-0.2, -0.15) is 5.26 Å². The van der Waals surface area contributed by atoms with Gasteiger partial charge >= 0.3 is 0 Å². The van der Waals surface area contributed by atoms with E-state index in [-0.39, 0.29) is 21.8 Å². The highest BCUT2D eigenvalue weighted by molar-refractivity contribution is 7.92. The molecule has 0 atom stereocenters. The molecule has 7 heteroatoms. The van der Waals surface area contributed by atoms with E-state index in [2.05, 4.69) is 4.72 Å². The molecule has 6 nitrogen and oxygen atoms in total. The quantitative estimate of drug-likeness (QED) is 0.840. The third kappa shape index (κ3) is 3.24. The second-order valence-corrected chi connectivity index (χ2v) is 5.88. The number of nitriles is 1. The second-order valence-electron chi connectivity index (χ2n) is 4.20. The van der Waals surface area contributed by atoms with Crippen molar-refractivity contribution in [2.75, 3.05) is 17.6 Å². The maximum atomic E-state index is 12.3. The van der Waals surface area contributed by atoms with Crippen molar-refractivity contribution in [2.24, 2.45) is 0 Å². The molecule has 0 aromatic heterocycles. The van der Waals surface area contributed by atoms with E-state index >= 15 is 0 Å². The van der Waals surface area contributed by atoms with Gasteiger partial charge in [-0.15, -0.1) is 0 Å². The van der Waals surface area contributed by atoms with E-state index < -0.39 is 10.0 Å². The molecule has 0 saturated carbocycles. The van der Waals surface area contributed by atoms with Gasteiger partial charge in [0, 0.05) is 6.07 Å². The summed E-state index contributed by atoms with van der Waals surface area (Å²) >= 11 is 0. The predicted octanol–water partition coefficient (Wildman–Crippen LogP) is 1.95. The molecule has 0 fully saturated rings. The molecule has 0 saturated heterocycles. The molecule has 0 aliphatic rings. The molecular weight excluding hydrogens is 290 g/mol. The van der Waals surface area contributed by atoms with Gasteiger partial charge in [0.2, 0.25) is 0 Å². The van der Waals surface area contributed by atoms with Crippen LogP contribution in [0, 0.1) is 11.3 Å².